The first-order valence-corrected chi connectivity index (χ1v) is 6.87. The van der Waals surface area contributed by atoms with E-state index in [-0.39, 0.29) is 0 Å². The number of imidazole rings is 1. The van der Waals surface area contributed by atoms with Gasteiger partial charge in [-0.25, -0.2) is 4.98 Å². The summed E-state index contributed by atoms with van der Waals surface area (Å²) in [7, 11) is 0. The summed E-state index contributed by atoms with van der Waals surface area (Å²) in [6.07, 6.45) is 9.63. The molecule has 1 aromatic rings. The first kappa shape index (κ1) is 11.0. The Kier molecular flexibility index (Phi) is 4.54. The van der Waals surface area contributed by atoms with Crippen molar-refractivity contribution in [1.29, 1.82) is 0 Å². The highest BCUT2D eigenvalue weighted by Gasteiger charge is 2.11. The third-order valence-electron chi connectivity index (χ3n) is 2.81. The molecule has 3 nitrogen and oxygen atoms in total. The normalized spacial score (nSPS) is 18.1. The van der Waals surface area contributed by atoms with E-state index in [2.05, 4.69) is 26.6 Å². The summed E-state index contributed by atoms with van der Waals surface area (Å²) in [5.74, 6) is 2.67. The monoisotopic (exact) mass is 225 g/mol. The second kappa shape index (κ2) is 6.18. The SMILES string of the molecule is c1cn(CCCNC2CCSCC2)cn1. The lowest BCUT2D eigenvalue weighted by atomic mass is 10.1. The second-order valence-corrected chi connectivity index (χ2v) is 5.22. The zero-order chi connectivity index (χ0) is 10.3. The summed E-state index contributed by atoms with van der Waals surface area (Å²) in [5, 5.41) is 3.64. The molecule has 1 aromatic heterocycles. The molecule has 1 saturated heterocycles. The number of aromatic nitrogens is 2. The van der Waals surface area contributed by atoms with Gasteiger partial charge in [0, 0.05) is 25.0 Å². The van der Waals surface area contributed by atoms with E-state index in [0.717, 1.165) is 19.1 Å². The quantitative estimate of drug-likeness (QED) is 0.774. The van der Waals surface area contributed by atoms with Gasteiger partial charge >= 0.3 is 0 Å². The molecule has 0 bridgehead atoms. The number of aryl methyl sites for hydroxylation is 1. The van der Waals surface area contributed by atoms with Gasteiger partial charge in [-0.1, -0.05) is 0 Å². The smallest absolute Gasteiger partial charge is 0.0945 e. The van der Waals surface area contributed by atoms with Crippen molar-refractivity contribution in [3.63, 3.8) is 0 Å². The number of thioether (sulfide) groups is 1. The number of hydrogen-bond acceptors (Lipinski definition) is 3. The minimum Gasteiger partial charge on any atom is -0.337 e. The van der Waals surface area contributed by atoms with Crippen molar-refractivity contribution in [2.24, 2.45) is 0 Å². The molecule has 1 N–H and O–H groups in total. The Balaban J connectivity index is 1.54. The molecule has 0 radical (unpaired) electrons. The number of nitrogens with zero attached hydrogens (tertiary/aromatic N) is 2. The van der Waals surface area contributed by atoms with E-state index in [9.17, 15) is 0 Å². The van der Waals surface area contributed by atoms with Crippen LogP contribution in [0.15, 0.2) is 18.7 Å². The van der Waals surface area contributed by atoms with Gasteiger partial charge in [-0.3, -0.25) is 0 Å². The zero-order valence-corrected chi connectivity index (χ0v) is 9.88. The Morgan fingerprint density at radius 2 is 2.27 bits per heavy atom. The van der Waals surface area contributed by atoms with E-state index in [0.29, 0.717) is 0 Å². The van der Waals surface area contributed by atoms with E-state index in [1.807, 2.05) is 18.7 Å². The van der Waals surface area contributed by atoms with Gasteiger partial charge in [0.2, 0.25) is 0 Å². The van der Waals surface area contributed by atoms with Gasteiger partial charge < -0.3 is 9.88 Å². The lowest BCUT2D eigenvalue weighted by Gasteiger charge is -2.22. The van der Waals surface area contributed by atoms with Crippen LogP contribution in [-0.2, 0) is 6.54 Å². The van der Waals surface area contributed by atoms with Crippen LogP contribution in [0.25, 0.3) is 0 Å². The predicted molar refractivity (Wildman–Crippen MR) is 65.2 cm³/mol. The van der Waals surface area contributed by atoms with Crippen LogP contribution in [0.3, 0.4) is 0 Å². The minimum atomic E-state index is 0.772. The highest BCUT2D eigenvalue weighted by Crippen LogP contribution is 2.16. The highest BCUT2D eigenvalue weighted by molar-refractivity contribution is 7.99. The molecular weight excluding hydrogens is 206 g/mol. The van der Waals surface area contributed by atoms with Crippen molar-refractivity contribution >= 4 is 11.8 Å². The van der Waals surface area contributed by atoms with Crippen LogP contribution in [-0.4, -0.2) is 33.6 Å². The first-order valence-electron chi connectivity index (χ1n) is 5.72. The number of nitrogens with one attached hydrogen (secondary N) is 1. The molecule has 84 valence electrons. The summed E-state index contributed by atoms with van der Waals surface area (Å²) in [6, 6.07) is 0.772. The van der Waals surface area contributed by atoms with Gasteiger partial charge in [0.15, 0.2) is 0 Å². The lowest BCUT2D eigenvalue weighted by Crippen LogP contribution is -2.33. The van der Waals surface area contributed by atoms with Gasteiger partial charge in [-0.2, -0.15) is 11.8 Å². The van der Waals surface area contributed by atoms with E-state index in [1.165, 1.54) is 30.8 Å². The predicted octanol–water partition coefficient (Wildman–Crippen LogP) is 1.76. The van der Waals surface area contributed by atoms with Gasteiger partial charge in [0.1, 0.15) is 0 Å². The third kappa shape index (κ3) is 3.87. The van der Waals surface area contributed by atoms with Gasteiger partial charge in [-0.05, 0) is 37.3 Å². The molecule has 2 heterocycles. The molecule has 0 aromatic carbocycles. The maximum atomic E-state index is 4.03. The highest BCUT2D eigenvalue weighted by atomic mass is 32.2. The Bertz CT molecular complexity index is 255. The molecule has 1 fully saturated rings. The Labute approximate surface area is 95.7 Å². The van der Waals surface area contributed by atoms with Gasteiger partial charge in [0.25, 0.3) is 0 Å². The van der Waals surface area contributed by atoms with Crippen LogP contribution in [0, 0.1) is 0 Å². The van der Waals surface area contributed by atoms with Gasteiger partial charge in [0.05, 0.1) is 6.33 Å². The number of rotatable bonds is 5. The fourth-order valence-corrected chi connectivity index (χ4v) is 3.00. The van der Waals surface area contributed by atoms with E-state index >= 15 is 0 Å². The molecule has 0 spiro atoms. The minimum absolute atomic E-state index is 0.772. The molecular formula is C11H19N3S. The van der Waals surface area contributed by atoms with E-state index < -0.39 is 0 Å². The van der Waals surface area contributed by atoms with Crippen molar-refractivity contribution < 1.29 is 0 Å². The zero-order valence-electron chi connectivity index (χ0n) is 9.06. The third-order valence-corrected chi connectivity index (χ3v) is 3.86. The maximum Gasteiger partial charge on any atom is 0.0945 e. The van der Waals surface area contributed by atoms with Crippen molar-refractivity contribution in [3.8, 4) is 0 Å². The van der Waals surface area contributed by atoms with Crippen LogP contribution >= 0.6 is 11.8 Å². The molecule has 0 saturated carbocycles. The van der Waals surface area contributed by atoms with Crippen LogP contribution in [0.5, 0.6) is 0 Å². The molecule has 15 heavy (non-hydrogen) atoms. The largest absolute Gasteiger partial charge is 0.337 e. The molecule has 0 aliphatic carbocycles. The first-order chi connectivity index (χ1) is 7.45. The Morgan fingerprint density at radius 3 is 3.00 bits per heavy atom. The van der Waals surface area contributed by atoms with Crippen molar-refractivity contribution in [1.82, 2.24) is 14.9 Å². The molecule has 1 aliphatic rings. The van der Waals surface area contributed by atoms with Crippen LogP contribution < -0.4 is 5.32 Å². The summed E-state index contributed by atoms with van der Waals surface area (Å²) in [6.45, 7) is 2.21. The standard InChI is InChI=1S/C11H19N3S/c1(6-14-7-5-12-10-14)4-13-11-2-8-15-9-3-11/h5,7,10-11,13H,1-4,6,8-9H2. The lowest BCUT2D eigenvalue weighted by molar-refractivity contribution is 0.464. The average molecular weight is 225 g/mol. The topological polar surface area (TPSA) is 29.9 Å². The van der Waals surface area contributed by atoms with Crippen LogP contribution in [0.1, 0.15) is 19.3 Å². The van der Waals surface area contributed by atoms with E-state index in [1.54, 1.807) is 0 Å². The molecule has 0 amide bonds. The van der Waals surface area contributed by atoms with Crippen molar-refractivity contribution in [2.45, 2.75) is 31.8 Å². The average Bonchev–Trinajstić information content (AvgIpc) is 2.79. The van der Waals surface area contributed by atoms with Crippen molar-refractivity contribution in [3.05, 3.63) is 18.7 Å². The summed E-state index contributed by atoms with van der Waals surface area (Å²) in [5.41, 5.74) is 0. The van der Waals surface area contributed by atoms with Crippen LogP contribution in [0.4, 0.5) is 0 Å². The molecule has 1 aliphatic heterocycles. The summed E-state index contributed by atoms with van der Waals surface area (Å²) in [4.78, 5) is 4.03. The molecule has 4 heteroatoms. The maximum absolute atomic E-state index is 4.03. The molecule has 2 rings (SSSR count). The fraction of sp³-hybridized carbons (Fsp3) is 0.727. The van der Waals surface area contributed by atoms with Crippen molar-refractivity contribution in [2.75, 3.05) is 18.1 Å². The summed E-state index contributed by atoms with van der Waals surface area (Å²) < 4.78 is 2.14. The molecule has 0 unspecified atom stereocenters. The summed E-state index contributed by atoms with van der Waals surface area (Å²) >= 11 is 2.08. The van der Waals surface area contributed by atoms with E-state index in [4.69, 9.17) is 0 Å². The fourth-order valence-electron chi connectivity index (χ4n) is 1.89. The number of hydrogen-bond donors (Lipinski definition) is 1. The van der Waals surface area contributed by atoms with Gasteiger partial charge in [-0.15, -0.1) is 0 Å². The second-order valence-electron chi connectivity index (χ2n) is 3.99. The van der Waals surface area contributed by atoms with Crippen LogP contribution in [0.2, 0.25) is 0 Å². The Morgan fingerprint density at radius 1 is 1.40 bits per heavy atom. The molecule has 0 atom stereocenters. The Hall–Kier alpha value is -0.480.